The second kappa shape index (κ2) is 9.29. The number of pyridine rings is 1. The summed E-state index contributed by atoms with van der Waals surface area (Å²) >= 11 is 12.1. The molecule has 0 spiro atoms. The van der Waals surface area contributed by atoms with Gasteiger partial charge in [-0.2, -0.15) is 0 Å². The highest BCUT2D eigenvalue weighted by Crippen LogP contribution is 2.30. The molecule has 4 nitrogen and oxygen atoms in total. The summed E-state index contributed by atoms with van der Waals surface area (Å²) in [5.74, 6) is -0.291. The van der Waals surface area contributed by atoms with Crippen LogP contribution in [0.3, 0.4) is 0 Å². The Morgan fingerprint density at radius 3 is 2.38 bits per heavy atom. The van der Waals surface area contributed by atoms with Crippen molar-refractivity contribution < 1.29 is 14.6 Å². The Balaban J connectivity index is 1.96. The molecule has 6 heteroatoms. The number of hydrogen-bond donors (Lipinski definition) is 1. The average Bonchev–Trinajstić information content (AvgIpc) is 2.65. The molecule has 3 aromatic rings. The molecule has 29 heavy (non-hydrogen) atoms. The van der Waals surface area contributed by atoms with Gasteiger partial charge in [0, 0.05) is 15.6 Å². The van der Waals surface area contributed by atoms with Gasteiger partial charge in [0.25, 0.3) is 0 Å². The molecule has 0 aliphatic carbocycles. The fraction of sp³-hybridized carbons (Fsp3) is 0.217. The molecule has 0 amide bonds. The molecule has 0 radical (unpaired) electrons. The maximum absolute atomic E-state index is 11.7. The molecule has 3 rings (SSSR count). The van der Waals surface area contributed by atoms with Crippen LogP contribution in [0.2, 0.25) is 10.0 Å². The zero-order chi connectivity index (χ0) is 21.0. The van der Waals surface area contributed by atoms with Crippen molar-refractivity contribution >= 4 is 29.2 Å². The quantitative estimate of drug-likeness (QED) is 0.476. The fourth-order valence-electron chi connectivity index (χ4n) is 3.09. The molecular formula is C23H21Cl2NO3. The van der Waals surface area contributed by atoms with Crippen LogP contribution in [0.4, 0.5) is 0 Å². The fourth-order valence-corrected chi connectivity index (χ4v) is 3.66. The van der Waals surface area contributed by atoms with Crippen LogP contribution in [-0.2, 0) is 12.8 Å². The lowest BCUT2D eigenvalue weighted by atomic mass is 10.0. The van der Waals surface area contributed by atoms with Crippen molar-refractivity contribution in [1.29, 1.82) is 0 Å². The van der Waals surface area contributed by atoms with Crippen LogP contribution >= 0.6 is 23.2 Å². The molecule has 0 aliphatic rings. The number of ether oxygens (including phenoxy) is 1. The van der Waals surface area contributed by atoms with Crippen LogP contribution < -0.4 is 4.74 Å². The summed E-state index contributed by atoms with van der Waals surface area (Å²) < 4.78 is 5.89. The van der Waals surface area contributed by atoms with Crippen LogP contribution in [-0.4, -0.2) is 22.2 Å². The van der Waals surface area contributed by atoms with Crippen LogP contribution in [0.1, 0.15) is 35.5 Å². The van der Waals surface area contributed by atoms with Crippen molar-refractivity contribution in [2.75, 3.05) is 0 Å². The molecule has 0 saturated heterocycles. The minimum absolute atomic E-state index is 0.0153. The van der Waals surface area contributed by atoms with E-state index in [-0.39, 0.29) is 11.7 Å². The third-order valence-corrected chi connectivity index (χ3v) is 4.74. The number of para-hydroxylation sites is 1. The molecule has 150 valence electrons. The number of carbonyl (C=O) groups is 1. The summed E-state index contributed by atoms with van der Waals surface area (Å²) in [7, 11) is 0. The zero-order valence-electron chi connectivity index (χ0n) is 16.2. The van der Waals surface area contributed by atoms with Gasteiger partial charge in [-0.25, -0.2) is 4.79 Å². The zero-order valence-corrected chi connectivity index (χ0v) is 17.7. The van der Waals surface area contributed by atoms with E-state index in [2.05, 4.69) is 4.98 Å². The number of carboxylic acids is 1. The van der Waals surface area contributed by atoms with Gasteiger partial charge in [-0.1, -0.05) is 35.3 Å². The highest BCUT2D eigenvalue weighted by molar-refractivity contribution is 6.34. The van der Waals surface area contributed by atoms with Gasteiger partial charge in [-0.3, -0.25) is 4.98 Å². The Morgan fingerprint density at radius 1 is 1.03 bits per heavy atom. The summed E-state index contributed by atoms with van der Waals surface area (Å²) in [6, 6.07) is 16.2. The first-order valence-electron chi connectivity index (χ1n) is 9.27. The number of carboxylic acid groups (broad SMARTS) is 1. The lowest BCUT2D eigenvalue weighted by Crippen LogP contribution is -2.09. The monoisotopic (exact) mass is 429 g/mol. The minimum atomic E-state index is -1.00. The summed E-state index contributed by atoms with van der Waals surface area (Å²) in [5.41, 5.74) is 3.11. The second-order valence-corrected chi connectivity index (χ2v) is 7.81. The van der Waals surface area contributed by atoms with Gasteiger partial charge in [-0.05, 0) is 74.7 Å². The van der Waals surface area contributed by atoms with E-state index in [1.165, 1.54) is 0 Å². The average molecular weight is 430 g/mol. The van der Waals surface area contributed by atoms with E-state index in [1.54, 1.807) is 18.2 Å². The van der Waals surface area contributed by atoms with Gasteiger partial charge in [0.15, 0.2) is 0 Å². The van der Waals surface area contributed by atoms with E-state index in [1.807, 2.05) is 50.2 Å². The van der Waals surface area contributed by atoms with E-state index in [9.17, 15) is 9.90 Å². The molecule has 2 aromatic carbocycles. The molecule has 1 N–H and O–H groups in total. The Kier molecular flexibility index (Phi) is 6.78. The Morgan fingerprint density at radius 2 is 1.72 bits per heavy atom. The number of rotatable bonds is 7. The number of nitrogens with zero attached hydrogens (tertiary/aromatic N) is 1. The largest absolute Gasteiger partial charge is 0.490 e. The molecule has 0 fully saturated rings. The molecule has 1 heterocycles. The molecule has 0 unspecified atom stereocenters. The number of aromatic carboxylic acids is 1. The van der Waals surface area contributed by atoms with Gasteiger partial charge < -0.3 is 9.84 Å². The van der Waals surface area contributed by atoms with Crippen LogP contribution in [0.5, 0.6) is 5.75 Å². The number of aryl methyl sites for hydroxylation is 2. The Labute approximate surface area is 180 Å². The van der Waals surface area contributed by atoms with E-state index in [4.69, 9.17) is 27.9 Å². The van der Waals surface area contributed by atoms with E-state index in [0.717, 1.165) is 11.1 Å². The topological polar surface area (TPSA) is 59.4 Å². The third-order valence-electron chi connectivity index (χ3n) is 4.30. The first-order valence-corrected chi connectivity index (χ1v) is 10.0. The maximum Gasteiger partial charge on any atom is 0.337 e. The van der Waals surface area contributed by atoms with E-state index >= 15 is 0 Å². The Hall–Kier alpha value is -2.56. The van der Waals surface area contributed by atoms with Gasteiger partial charge in [0.05, 0.1) is 23.1 Å². The van der Waals surface area contributed by atoms with Crippen LogP contribution in [0, 0.1) is 0 Å². The van der Waals surface area contributed by atoms with Crippen LogP contribution in [0.25, 0.3) is 11.3 Å². The van der Waals surface area contributed by atoms with Gasteiger partial charge in [-0.15, -0.1) is 0 Å². The molecule has 0 bridgehead atoms. The summed E-state index contributed by atoms with van der Waals surface area (Å²) in [6.45, 7) is 3.92. The normalized spacial score (nSPS) is 10.9. The van der Waals surface area contributed by atoms with E-state index in [0.29, 0.717) is 40.0 Å². The summed E-state index contributed by atoms with van der Waals surface area (Å²) in [5, 5.41) is 10.7. The summed E-state index contributed by atoms with van der Waals surface area (Å²) in [4.78, 5) is 16.4. The standard InChI is InChI=1S/C23H21Cl2NO3/c1-14(2)29-22-6-4-3-5-18(22)20-10-8-19(23(27)28)21(26-20)9-7-15-11-16(24)13-17(25)12-15/h3-6,8,10-14H,7,9H2,1-2H3,(H,27,28). The van der Waals surface area contributed by atoms with Gasteiger partial charge in [0.1, 0.15) is 5.75 Å². The first-order chi connectivity index (χ1) is 13.8. The lowest BCUT2D eigenvalue weighted by molar-refractivity contribution is 0.0695. The summed E-state index contributed by atoms with van der Waals surface area (Å²) in [6.07, 6.45) is 1.03. The van der Waals surface area contributed by atoms with Gasteiger partial charge in [0.2, 0.25) is 0 Å². The van der Waals surface area contributed by atoms with E-state index < -0.39 is 5.97 Å². The van der Waals surface area contributed by atoms with Crippen molar-refractivity contribution in [3.63, 3.8) is 0 Å². The number of halogens is 2. The lowest BCUT2D eigenvalue weighted by Gasteiger charge is -2.15. The SMILES string of the molecule is CC(C)Oc1ccccc1-c1ccc(C(=O)O)c(CCc2cc(Cl)cc(Cl)c2)n1. The van der Waals surface area contributed by atoms with Crippen LogP contribution in [0.15, 0.2) is 54.6 Å². The molecule has 0 atom stereocenters. The third kappa shape index (κ3) is 5.49. The van der Waals surface area contributed by atoms with Crippen molar-refractivity contribution in [2.45, 2.75) is 32.8 Å². The predicted octanol–water partition coefficient (Wildman–Crippen LogP) is 6.33. The molecule has 0 saturated carbocycles. The highest BCUT2D eigenvalue weighted by atomic mass is 35.5. The second-order valence-electron chi connectivity index (χ2n) is 6.94. The number of aromatic nitrogens is 1. The first kappa shape index (κ1) is 21.2. The van der Waals surface area contributed by atoms with Crippen molar-refractivity contribution in [3.8, 4) is 17.0 Å². The molecule has 1 aromatic heterocycles. The molecule has 0 aliphatic heterocycles. The van der Waals surface area contributed by atoms with Crippen molar-refractivity contribution in [3.05, 3.63) is 81.5 Å². The van der Waals surface area contributed by atoms with Crippen molar-refractivity contribution in [1.82, 2.24) is 4.98 Å². The Bertz CT molecular complexity index is 1010. The predicted molar refractivity (Wildman–Crippen MR) is 116 cm³/mol. The highest BCUT2D eigenvalue weighted by Gasteiger charge is 2.16. The van der Waals surface area contributed by atoms with Gasteiger partial charge >= 0.3 is 5.97 Å². The van der Waals surface area contributed by atoms with Crippen molar-refractivity contribution in [2.24, 2.45) is 0 Å². The maximum atomic E-state index is 11.7. The smallest absolute Gasteiger partial charge is 0.337 e. The number of benzene rings is 2. The number of hydrogen-bond acceptors (Lipinski definition) is 3. The molecular weight excluding hydrogens is 409 g/mol. The minimum Gasteiger partial charge on any atom is -0.490 e.